The van der Waals surface area contributed by atoms with Crippen LogP contribution in [-0.4, -0.2) is 49.2 Å². The van der Waals surface area contributed by atoms with Crippen LogP contribution in [0.3, 0.4) is 0 Å². The number of carbonyl (C=O) groups is 2. The van der Waals surface area contributed by atoms with E-state index in [-0.39, 0.29) is 25.8 Å². The highest BCUT2D eigenvalue weighted by Gasteiger charge is 2.35. The number of amides is 2. The Morgan fingerprint density at radius 2 is 2.03 bits per heavy atom. The molecule has 2 aliphatic rings. The van der Waals surface area contributed by atoms with Gasteiger partial charge in [0.2, 0.25) is 0 Å². The average molecular weight is 398 g/mol. The second kappa shape index (κ2) is 8.00. The third kappa shape index (κ3) is 3.84. The first kappa shape index (κ1) is 19.1. The van der Waals surface area contributed by atoms with Crippen LogP contribution < -0.4 is 14.5 Å². The summed E-state index contributed by atoms with van der Waals surface area (Å²) in [6.45, 7) is 2.39. The number of anilines is 2. The van der Waals surface area contributed by atoms with E-state index in [9.17, 15) is 14.7 Å². The molecule has 29 heavy (non-hydrogen) atoms. The van der Waals surface area contributed by atoms with Crippen LogP contribution >= 0.6 is 0 Å². The van der Waals surface area contributed by atoms with Crippen molar-refractivity contribution < 1.29 is 28.9 Å². The number of hydrogen-bond acceptors (Lipinski definition) is 6. The monoisotopic (exact) mass is 398 g/mol. The first-order valence-electron chi connectivity index (χ1n) is 9.42. The summed E-state index contributed by atoms with van der Waals surface area (Å²) < 4.78 is 16.4. The number of aliphatic hydroxyl groups excluding tert-OH is 1. The van der Waals surface area contributed by atoms with Crippen LogP contribution in [0.1, 0.15) is 12.5 Å². The van der Waals surface area contributed by atoms with Crippen LogP contribution in [0.5, 0.6) is 5.75 Å². The van der Waals surface area contributed by atoms with E-state index in [2.05, 4.69) is 0 Å². The molecule has 1 N–H and O–H groups in total. The Balaban J connectivity index is 1.53. The summed E-state index contributed by atoms with van der Waals surface area (Å²) in [7, 11) is 0. The van der Waals surface area contributed by atoms with Crippen LogP contribution in [-0.2, 0) is 16.1 Å². The van der Waals surface area contributed by atoms with Gasteiger partial charge in [0.25, 0.3) is 0 Å². The number of nitrogens with zero attached hydrogens (tertiary/aromatic N) is 2. The van der Waals surface area contributed by atoms with Gasteiger partial charge in [0.05, 0.1) is 30.6 Å². The van der Waals surface area contributed by atoms with Gasteiger partial charge in [-0.2, -0.15) is 0 Å². The van der Waals surface area contributed by atoms with Gasteiger partial charge in [-0.15, -0.1) is 0 Å². The second-order valence-corrected chi connectivity index (χ2v) is 7.02. The Bertz CT molecular complexity index is 903. The minimum Gasteiger partial charge on any atom is -0.489 e. The maximum atomic E-state index is 12.8. The van der Waals surface area contributed by atoms with Gasteiger partial charge in [-0.3, -0.25) is 9.80 Å². The molecule has 1 saturated heterocycles. The Hall–Kier alpha value is -3.26. The van der Waals surface area contributed by atoms with Crippen molar-refractivity contribution in [2.75, 3.05) is 29.6 Å². The normalized spacial score (nSPS) is 20.7. The molecule has 0 saturated carbocycles. The molecule has 0 aliphatic carbocycles. The zero-order valence-corrected chi connectivity index (χ0v) is 16.0. The number of carbonyl (C=O) groups excluding carboxylic acids is 2. The van der Waals surface area contributed by atoms with Gasteiger partial charge in [0.1, 0.15) is 25.1 Å². The molecule has 8 nitrogen and oxygen atoms in total. The van der Waals surface area contributed by atoms with Crippen molar-refractivity contribution in [1.82, 2.24) is 0 Å². The van der Waals surface area contributed by atoms with Crippen molar-refractivity contribution in [1.29, 1.82) is 0 Å². The van der Waals surface area contributed by atoms with E-state index in [1.54, 1.807) is 23.1 Å². The van der Waals surface area contributed by atoms with E-state index in [0.717, 1.165) is 5.56 Å². The van der Waals surface area contributed by atoms with E-state index < -0.39 is 18.3 Å². The van der Waals surface area contributed by atoms with E-state index in [4.69, 9.17) is 14.2 Å². The summed E-state index contributed by atoms with van der Waals surface area (Å²) in [6.07, 6.45) is -1.53. The molecular weight excluding hydrogens is 376 g/mol. The summed E-state index contributed by atoms with van der Waals surface area (Å²) in [4.78, 5) is 27.8. The molecule has 2 aromatic rings. The number of cyclic esters (lactones) is 1. The van der Waals surface area contributed by atoms with Crippen molar-refractivity contribution in [3.05, 3.63) is 54.1 Å². The fourth-order valence-corrected chi connectivity index (χ4v) is 3.40. The van der Waals surface area contributed by atoms with E-state index >= 15 is 0 Å². The van der Waals surface area contributed by atoms with Crippen LogP contribution in [0.2, 0.25) is 0 Å². The molecule has 152 valence electrons. The molecule has 2 atom stereocenters. The highest BCUT2D eigenvalue weighted by molar-refractivity contribution is 5.94. The lowest BCUT2D eigenvalue weighted by atomic mass is 10.1. The fourth-order valence-electron chi connectivity index (χ4n) is 3.40. The van der Waals surface area contributed by atoms with Gasteiger partial charge in [-0.05, 0) is 24.6 Å². The third-order valence-corrected chi connectivity index (χ3v) is 4.91. The Morgan fingerprint density at radius 3 is 2.76 bits per heavy atom. The number of ether oxygens (including phenoxy) is 3. The quantitative estimate of drug-likeness (QED) is 0.852. The highest BCUT2D eigenvalue weighted by Crippen LogP contribution is 2.38. The molecule has 0 bridgehead atoms. The zero-order valence-electron chi connectivity index (χ0n) is 16.0. The molecule has 1 fully saturated rings. The maximum absolute atomic E-state index is 12.8. The lowest BCUT2D eigenvalue weighted by Gasteiger charge is -2.34. The summed E-state index contributed by atoms with van der Waals surface area (Å²) in [5, 5.41) is 9.21. The van der Waals surface area contributed by atoms with Gasteiger partial charge < -0.3 is 19.3 Å². The highest BCUT2D eigenvalue weighted by atomic mass is 16.6. The van der Waals surface area contributed by atoms with Crippen molar-refractivity contribution in [2.24, 2.45) is 0 Å². The summed E-state index contributed by atoms with van der Waals surface area (Å²) in [5.74, 6) is 0.484. The predicted molar refractivity (Wildman–Crippen MR) is 105 cm³/mol. The van der Waals surface area contributed by atoms with Gasteiger partial charge in [0.15, 0.2) is 0 Å². The molecule has 2 aromatic carbocycles. The number of fused-ring (bicyclic) bond motifs is 1. The number of hydrogen-bond donors (Lipinski definition) is 1. The smallest absolute Gasteiger partial charge is 0.415 e. The first-order chi connectivity index (χ1) is 14.1. The standard InChI is InChI=1S/C21H22N2O6/c1-14-12-27-19-9-16(22-10-17(11-24)29-20(22)25)7-8-18(19)23(14)21(26)28-13-15-5-3-2-4-6-15/h2-9,14,17,24H,10-13H2,1H3/t14-,17+/m0/s1. The largest absolute Gasteiger partial charge is 0.489 e. The minimum atomic E-state index is -0.552. The van der Waals surface area contributed by atoms with Crippen LogP contribution in [0.25, 0.3) is 0 Å². The fraction of sp³-hybridized carbons (Fsp3) is 0.333. The molecule has 0 radical (unpaired) electrons. The van der Waals surface area contributed by atoms with Gasteiger partial charge >= 0.3 is 12.2 Å². The first-order valence-corrected chi connectivity index (χ1v) is 9.42. The topological polar surface area (TPSA) is 88.5 Å². The van der Waals surface area contributed by atoms with Gasteiger partial charge in [-0.25, -0.2) is 9.59 Å². The van der Waals surface area contributed by atoms with Crippen molar-refractivity contribution >= 4 is 23.6 Å². The lowest BCUT2D eigenvalue weighted by Crippen LogP contribution is -2.45. The molecule has 4 rings (SSSR count). The van der Waals surface area contributed by atoms with Crippen LogP contribution in [0.4, 0.5) is 21.0 Å². The summed E-state index contributed by atoms with van der Waals surface area (Å²) >= 11 is 0. The zero-order chi connectivity index (χ0) is 20.4. The lowest BCUT2D eigenvalue weighted by molar-refractivity contribution is 0.0963. The molecule has 2 aliphatic heterocycles. The van der Waals surface area contributed by atoms with Gasteiger partial charge in [-0.1, -0.05) is 30.3 Å². The molecule has 8 heteroatoms. The maximum Gasteiger partial charge on any atom is 0.415 e. The third-order valence-electron chi connectivity index (χ3n) is 4.91. The SMILES string of the molecule is C[C@H]1COc2cc(N3C[C@H](CO)OC3=O)ccc2N1C(=O)OCc1ccccc1. The second-order valence-electron chi connectivity index (χ2n) is 7.02. The molecular formula is C21H22N2O6. The van der Waals surface area contributed by atoms with E-state index in [0.29, 0.717) is 23.7 Å². The summed E-state index contributed by atoms with van der Waals surface area (Å²) in [5.41, 5.74) is 2.07. The Labute approximate surface area is 168 Å². The van der Waals surface area contributed by atoms with Crippen molar-refractivity contribution in [3.8, 4) is 5.75 Å². The summed E-state index contributed by atoms with van der Waals surface area (Å²) in [6, 6.07) is 14.4. The van der Waals surface area contributed by atoms with Crippen LogP contribution in [0, 0.1) is 0 Å². The molecule has 0 aromatic heterocycles. The molecule has 0 unspecified atom stereocenters. The van der Waals surface area contributed by atoms with Crippen molar-refractivity contribution in [3.63, 3.8) is 0 Å². The molecule has 2 heterocycles. The predicted octanol–water partition coefficient (Wildman–Crippen LogP) is 2.93. The number of rotatable bonds is 4. The van der Waals surface area contributed by atoms with E-state index in [1.165, 1.54) is 4.90 Å². The number of aliphatic hydroxyl groups is 1. The molecule has 0 spiro atoms. The Kier molecular flexibility index (Phi) is 5.26. The van der Waals surface area contributed by atoms with E-state index in [1.807, 2.05) is 37.3 Å². The number of benzene rings is 2. The van der Waals surface area contributed by atoms with Crippen LogP contribution in [0.15, 0.2) is 48.5 Å². The average Bonchev–Trinajstić information content (AvgIpc) is 3.13. The minimum absolute atomic E-state index is 0.180. The van der Waals surface area contributed by atoms with Crippen molar-refractivity contribution in [2.45, 2.75) is 25.7 Å². The Morgan fingerprint density at radius 1 is 1.24 bits per heavy atom. The van der Waals surface area contributed by atoms with Gasteiger partial charge in [0, 0.05) is 6.07 Å². The molecule has 2 amide bonds.